The molecular formula is C18H15NO4. The van der Waals surface area contributed by atoms with Crippen molar-refractivity contribution in [1.29, 1.82) is 0 Å². The van der Waals surface area contributed by atoms with E-state index in [-0.39, 0.29) is 5.91 Å². The van der Waals surface area contributed by atoms with Crippen LogP contribution in [0.25, 0.3) is 11.3 Å². The summed E-state index contributed by atoms with van der Waals surface area (Å²) in [5, 5.41) is 10.7. The Morgan fingerprint density at radius 2 is 2.22 bits per heavy atom. The van der Waals surface area contributed by atoms with E-state index in [9.17, 15) is 9.90 Å². The summed E-state index contributed by atoms with van der Waals surface area (Å²) >= 11 is 0. The fourth-order valence-corrected chi connectivity index (χ4v) is 3.83. The number of ether oxygens (including phenoxy) is 1. The number of carbonyl (C=O) groups is 1. The topological polar surface area (TPSA) is 62.9 Å². The van der Waals surface area contributed by atoms with Crippen molar-refractivity contribution < 1.29 is 19.1 Å². The monoisotopic (exact) mass is 309 g/mol. The maximum Gasteiger partial charge on any atom is 0.229 e. The van der Waals surface area contributed by atoms with Gasteiger partial charge in [0.2, 0.25) is 5.91 Å². The molecule has 0 unspecified atom stereocenters. The van der Waals surface area contributed by atoms with Gasteiger partial charge in [-0.05, 0) is 36.4 Å². The van der Waals surface area contributed by atoms with Gasteiger partial charge in [0.25, 0.3) is 0 Å². The lowest BCUT2D eigenvalue weighted by atomic mass is 9.97. The first kappa shape index (κ1) is 13.1. The summed E-state index contributed by atoms with van der Waals surface area (Å²) in [6.45, 7) is 0. The van der Waals surface area contributed by atoms with E-state index in [1.165, 1.54) is 0 Å². The highest BCUT2D eigenvalue weighted by Crippen LogP contribution is 2.49. The van der Waals surface area contributed by atoms with Gasteiger partial charge in [-0.2, -0.15) is 0 Å². The van der Waals surface area contributed by atoms with Crippen LogP contribution in [0.3, 0.4) is 0 Å². The number of benzene rings is 1. The molecule has 2 bridgehead atoms. The van der Waals surface area contributed by atoms with Crippen LogP contribution < -0.4 is 4.90 Å². The molecule has 5 heteroatoms. The molecule has 0 aliphatic carbocycles. The second-order valence-corrected chi connectivity index (χ2v) is 6.21. The highest BCUT2D eigenvalue weighted by molar-refractivity contribution is 5.99. The summed E-state index contributed by atoms with van der Waals surface area (Å²) in [4.78, 5) is 14.1. The van der Waals surface area contributed by atoms with Gasteiger partial charge in [0.15, 0.2) is 5.72 Å². The van der Waals surface area contributed by atoms with Crippen LogP contribution in [-0.4, -0.2) is 22.8 Å². The van der Waals surface area contributed by atoms with Gasteiger partial charge in [0.1, 0.15) is 18.0 Å². The Morgan fingerprint density at radius 1 is 1.30 bits per heavy atom. The van der Waals surface area contributed by atoms with Crippen LogP contribution in [0, 0.1) is 0 Å². The van der Waals surface area contributed by atoms with Crippen molar-refractivity contribution >= 4 is 11.6 Å². The lowest BCUT2D eigenvalue weighted by Gasteiger charge is -2.32. The molecule has 1 fully saturated rings. The number of aliphatic hydroxyl groups excluding tert-OH is 1. The molecule has 3 atom stereocenters. The molecule has 0 radical (unpaired) electrons. The standard InChI is InChI=1S/C18H15NO4/c20-16-6-8-18-7-5-15(23-18)17(21)12-10-11(14-2-1-9-22-14)3-4-13(12)19(16)18/h1-5,7,9-10,15,17,21H,6,8H2/t15-,17+,18-/m0/s1. The molecule has 1 spiro atoms. The third-order valence-corrected chi connectivity index (χ3v) is 4.92. The zero-order chi connectivity index (χ0) is 15.6. The number of aliphatic hydroxyl groups is 1. The van der Waals surface area contributed by atoms with Gasteiger partial charge in [0.05, 0.1) is 12.0 Å². The summed E-state index contributed by atoms with van der Waals surface area (Å²) in [7, 11) is 0. The zero-order valence-corrected chi connectivity index (χ0v) is 12.3. The molecule has 5 rings (SSSR count). The Hall–Kier alpha value is -2.37. The molecular weight excluding hydrogens is 294 g/mol. The van der Waals surface area contributed by atoms with Crippen molar-refractivity contribution in [2.45, 2.75) is 30.8 Å². The summed E-state index contributed by atoms with van der Waals surface area (Å²) in [5.74, 6) is 0.754. The average Bonchev–Trinajstić information content (AvgIpc) is 3.27. The van der Waals surface area contributed by atoms with Crippen molar-refractivity contribution in [1.82, 2.24) is 0 Å². The lowest BCUT2D eigenvalue weighted by molar-refractivity contribution is -0.119. The van der Waals surface area contributed by atoms with Crippen molar-refractivity contribution in [2.24, 2.45) is 0 Å². The maximum absolute atomic E-state index is 12.4. The number of fused-ring (bicyclic) bond motifs is 3. The summed E-state index contributed by atoms with van der Waals surface area (Å²) in [6.07, 6.45) is 5.21. The minimum atomic E-state index is -0.811. The first-order valence-electron chi connectivity index (χ1n) is 7.74. The molecule has 4 heterocycles. The van der Waals surface area contributed by atoms with Crippen LogP contribution in [0.1, 0.15) is 24.5 Å². The molecule has 116 valence electrons. The second-order valence-electron chi connectivity index (χ2n) is 6.21. The minimum Gasteiger partial charge on any atom is -0.464 e. The Bertz CT molecular complexity index is 826. The molecule has 3 aliphatic heterocycles. The maximum atomic E-state index is 12.4. The molecule has 1 amide bonds. The van der Waals surface area contributed by atoms with Crippen molar-refractivity contribution in [2.75, 3.05) is 4.90 Å². The van der Waals surface area contributed by atoms with Gasteiger partial charge in [-0.25, -0.2) is 0 Å². The van der Waals surface area contributed by atoms with E-state index in [0.717, 1.165) is 17.0 Å². The lowest BCUT2D eigenvalue weighted by Crippen LogP contribution is -2.45. The van der Waals surface area contributed by atoms with E-state index in [2.05, 4.69) is 0 Å². The van der Waals surface area contributed by atoms with Crippen LogP contribution in [0.15, 0.2) is 53.2 Å². The molecule has 0 saturated carbocycles. The van der Waals surface area contributed by atoms with E-state index in [1.54, 1.807) is 11.2 Å². The van der Waals surface area contributed by atoms with Crippen molar-refractivity contribution in [3.05, 3.63) is 54.3 Å². The van der Waals surface area contributed by atoms with Gasteiger partial charge in [-0.3, -0.25) is 9.69 Å². The van der Waals surface area contributed by atoms with Gasteiger partial charge in [-0.15, -0.1) is 0 Å². The van der Waals surface area contributed by atoms with E-state index in [4.69, 9.17) is 9.15 Å². The number of hydrogen-bond acceptors (Lipinski definition) is 4. The number of carbonyl (C=O) groups excluding carboxylic acids is 1. The third kappa shape index (κ3) is 1.66. The molecule has 2 aromatic rings. The van der Waals surface area contributed by atoms with Crippen LogP contribution in [0.4, 0.5) is 5.69 Å². The Kier molecular flexibility index (Phi) is 2.47. The summed E-state index contributed by atoms with van der Waals surface area (Å²) < 4.78 is 11.5. The average molecular weight is 309 g/mol. The summed E-state index contributed by atoms with van der Waals surface area (Å²) in [6, 6.07) is 9.36. The fourth-order valence-electron chi connectivity index (χ4n) is 3.83. The van der Waals surface area contributed by atoms with E-state index in [0.29, 0.717) is 18.4 Å². The van der Waals surface area contributed by atoms with E-state index in [1.807, 2.05) is 42.5 Å². The van der Waals surface area contributed by atoms with Gasteiger partial charge < -0.3 is 14.3 Å². The number of hydrogen-bond donors (Lipinski definition) is 1. The van der Waals surface area contributed by atoms with Crippen LogP contribution >= 0.6 is 0 Å². The number of furan rings is 1. The van der Waals surface area contributed by atoms with Gasteiger partial charge in [0, 0.05) is 24.0 Å². The van der Waals surface area contributed by atoms with Gasteiger partial charge >= 0.3 is 0 Å². The van der Waals surface area contributed by atoms with Crippen molar-refractivity contribution in [3.63, 3.8) is 0 Å². The predicted octanol–water partition coefficient (Wildman–Crippen LogP) is 2.77. The first-order valence-corrected chi connectivity index (χ1v) is 7.74. The van der Waals surface area contributed by atoms with E-state index < -0.39 is 17.9 Å². The molecule has 1 aromatic carbocycles. The SMILES string of the molecule is O=C1CC[C@]23C=C[C@H](O2)[C@H](O)c2cc(-c4ccco4)ccc2N13. The summed E-state index contributed by atoms with van der Waals surface area (Å²) in [5.41, 5.74) is 1.56. The quantitative estimate of drug-likeness (QED) is 0.823. The highest BCUT2D eigenvalue weighted by Gasteiger charge is 2.53. The van der Waals surface area contributed by atoms with Crippen LogP contribution in [-0.2, 0) is 9.53 Å². The normalized spacial score (nSPS) is 31.2. The zero-order valence-electron chi connectivity index (χ0n) is 12.3. The highest BCUT2D eigenvalue weighted by atomic mass is 16.5. The minimum absolute atomic E-state index is 0.0244. The molecule has 1 aromatic heterocycles. The fraction of sp³-hybridized carbons (Fsp3) is 0.278. The number of anilines is 1. The number of nitrogens with zero attached hydrogens (tertiary/aromatic N) is 1. The number of rotatable bonds is 1. The van der Waals surface area contributed by atoms with Gasteiger partial charge in [-0.1, -0.05) is 6.08 Å². The largest absolute Gasteiger partial charge is 0.464 e. The molecule has 1 saturated heterocycles. The molecule has 3 aliphatic rings. The second kappa shape index (κ2) is 4.34. The van der Waals surface area contributed by atoms with Crippen LogP contribution in [0.2, 0.25) is 0 Å². The van der Waals surface area contributed by atoms with Crippen LogP contribution in [0.5, 0.6) is 0 Å². The Balaban J connectivity index is 1.72. The smallest absolute Gasteiger partial charge is 0.229 e. The third-order valence-electron chi connectivity index (χ3n) is 4.92. The molecule has 23 heavy (non-hydrogen) atoms. The number of amides is 1. The Morgan fingerprint density at radius 3 is 3.04 bits per heavy atom. The molecule has 5 nitrogen and oxygen atoms in total. The molecule has 1 N–H and O–H groups in total. The Labute approximate surface area is 132 Å². The van der Waals surface area contributed by atoms with E-state index >= 15 is 0 Å². The first-order chi connectivity index (χ1) is 11.2. The van der Waals surface area contributed by atoms with Crippen molar-refractivity contribution in [3.8, 4) is 11.3 Å². The predicted molar refractivity (Wildman–Crippen MR) is 82.6 cm³/mol.